The largest absolute Gasteiger partial charge is 0.673 e. The smallest absolute Gasteiger partial charge is 0.418 e. The lowest BCUT2D eigenvalue weighted by Gasteiger charge is -2.03. The third-order valence-electron chi connectivity index (χ3n) is 5.01. The van der Waals surface area contributed by atoms with E-state index in [1.54, 1.807) is 0 Å². The monoisotopic (exact) mass is 468 g/mol. The zero-order valence-corrected chi connectivity index (χ0v) is 20.3. The zero-order valence-electron chi connectivity index (χ0n) is 20.3. The van der Waals surface area contributed by atoms with Gasteiger partial charge in [-0.25, -0.2) is 9.13 Å². The Morgan fingerprint density at radius 2 is 1.12 bits per heavy atom. The molecule has 1 heterocycles. The molecule has 0 unspecified atom stereocenters. The quantitative estimate of drug-likeness (QED) is 0.0856. The van der Waals surface area contributed by atoms with Gasteiger partial charge in [-0.1, -0.05) is 90.9 Å². The van der Waals surface area contributed by atoms with E-state index < -0.39 is 7.25 Å². The molecule has 1 aromatic heterocycles. The van der Waals surface area contributed by atoms with E-state index in [0.29, 0.717) is 13.5 Å². The Morgan fingerprint density at radius 1 is 0.688 bits per heavy atom. The van der Waals surface area contributed by atoms with Crippen molar-refractivity contribution in [2.45, 2.75) is 117 Å². The lowest BCUT2D eigenvalue weighted by atomic mass is 10.1. The van der Waals surface area contributed by atoms with Crippen molar-refractivity contribution in [2.75, 3.05) is 13.2 Å². The second kappa shape index (κ2) is 21.7. The lowest BCUT2D eigenvalue weighted by Crippen LogP contribution is -2.32. The molecule has 0 radical (unpaired) electrons. The average Bonchev–Trinajstić information content (AvgIpc) is 3.18. The van der Waals surface area contributed by atoms with Gasteiger partial charge in [-0.3, -0.25) is 0 Å². The molecule has 0 saturated carbocycles. The standard InChI is InChI=1S/C23H45N2O2.BF4/c1-3-5-7-9-11-13-15-19-26-22-24-17-18-25(21-24)23-27-20-16-14-12-10-8-6-4-2;2-1(3,4)5/h17-18,21H,3-16,19-20,22-23H2,1-2H3;/q+1;-1. The number of hydrogen-bond acceptors (Lipinski definition) is 2. The van der Waals surface area contributed by atoms with Crippen LogP contribution in [0.15, 0.2) is 18.7 Å². The fourth-order valence-electron chi connectivity index (χ4n) is 3.25. The highest BCUT2D eigenvalue weighted by molar-refractivity contribution is 6.50. The van der Waals surface area contributed by atoms with Crippen molar-refractivity contribution in [3.63, 3.8) is 0 Å². The van der Waals surface area contributed by atoms with E-state index >= 15 is 0 Å². The van der Waals surface area contributed by atoms with Gasteiger partial charge in [-0.15, -0.1) is 0 Å². The lowest BCUT2D eigenvalue weighted by molar-refractivity contribution is -0.732. The average molecular weight is 468 g/mol. The Balaban J connectivity index is 0.00000172. The fraction of sp³-hybridized carbons (Fsp3) is 0.870. The van der Waals surface area contributed by atoms with Crippen LogP contribution >= 0.6 is 0 Å². The fourth-order valence-corrected chi connectivity index (χ4v) is 3.25. The Hall–Kier alpha value is -1.09. The molecule has 0 spiro atoms. The van der Waals surface area contributed by atoms with Crippen LogP contribution in [0.2, 0.25) is 0 Å². The minimum atomic E-state index is -6.00. The molecule has 0 aliphatic carbocycles. The van der Waals surface area contributed by atoms with Crippen LogP contribution in [0, 0.1) is 0 Å². The number of unbranched alkanes of at least 4 members (excludes halogenated alkanes) is 12. The van der Waals surface area contributed by atoms with Gasteiger partial charge < -0.3 is 26.7 Å². The van der Waals surface area contributed by atoms with Gasteiger partial charge in [0.15, 0.2) is 13.5 Å². The van der Waals surface area contributed by atoms with Crippen molar-refractivity contribution in [3.8, 4) is 0 Å². The molecule has 0 aromatic carbocycles. The maximum absolute atomic E-state index is 9.75. The predicted octanol–water partition coefficient (Wildman–Crippen LogP) is 7.53. The maximum atomic E-state index is 9.75. The van der Waals surface area contributed by atoms with Gasteiger partial charge in [-0.2, -0.15) is 0 Å². The summed E-state index contributed by atoms with van der Waals surface area (Å²) in [7, 11) is -6.00. The van der Waals surface area contributed by atoms with E-state index in [1.807, 2.05) is 0 Å². The molecule has 0 saturated heterocycles. The number of aromatic nitrogens is 2. The van der Waals surface area contributed by atoms with Crippen LogP contribution in [0.25, 0.3) is 0 Å². The molecule has 0 aliphatic rings. The molecule has 190 valence electrons. The molecular weight excluding hydrogens is 423 g/mol. The Kier molecular flexibility index (Phi) is 21.0. The van der Waals surface area contributed by atoms with Crippen LogP contribution in [0.4, 0.5) is 17.3 Å². The van der Waals surface area contributed by atoms with E-state index in [9.17, 15) is 17.3 Å². The summed E-state index contributed by atoms with van der Waals surface area (Å²) in [6.07, 6.45) is 24.8. The van der Waals surface area contributed by atoms with Gasteiger partial charge in [0, 0.05) is 0 Å². The normalized spacial score (nSPS) is 11.4. The number of hydrogen-bond donors (Lipinski definition) is 0. The van der Waals surface area contributed by atoms with Crippen molar-refractivity contribution in [1.29, 1.82) is 0 Å². The number of nitrogens with zero attached hydrogens (tertiary/aromatic N) is 2. The second-order valence-corrected chi connectivity index (χ2v) is 8.25. The van der Waals surface area contributed by atoms with E-state index in [2.05, 4.69) is 41.7 Å². The Morgan fingerprint density at radius 3 is 1.62 bits per heavy atom. The Bertz CT molecular complexity index is 474. The number of ether oxygens (including phenoxy) is 2. The minimum absolute atomic E-state index is 0.639. The summed E-state index contributed by atoms with van der Waals surface area (Å²) < 4.78 is 54.7. The Labute approximate surface area is 192 Å². The first-order valence-electron chi connectivity index (χ1n) is 12.4. The van der Waals surface area contributed by atoms with E-state index in [4.69, 9.17) is 9.47 Å². The van der Waals surface area contributed by atoms with Gasteiger partial charge in [-0.05, 0) is 12.8 Å². The van der Waals surface area contributed by atoms with Crippen molar-refractivity contribution < 1.29 is 31.3 Å². The van der Waals surface area contributed by atoms with Crippen LogP contribution in [-0.4, -0.2) is 25.0 Å². The van der Waals surface area contributed by atoms with Gasteiger partial charge in [0.25, 0.3) is 0 Å². The molecule has 4 nitrogen and oxygen atoms in total. The highest BCUT2D eigenvalue weighted by Crippen LogP contribution is 2.08. The molecule has 0 aliphatic heterocycles. The summed E-state index contributed by atoms with van der Waals surface area (Å²) in [6.45, 7) is 7.53. The first kappa shape index (κ1) is 30.9. The highest BCUT2D eigenvalue weighted by atomic mass is 19.5. The summed E-state index contributed by atoms with van der Waals surface area (Å²) in [5.41, 5.74) is 0. The molecular formula is C23H45BF4N2O2. The SMILES string of the molecule is CCCCCCCCCOCn1cc[n+](COCCCCCCCCC)c1.F[B-](F)(F)F. The number of imidazole rings is 1. The number of rotatable bonds is 20. The van der Waals surface area contributed by atoms with Crippen LogP contribution in [0.1, 0.15) is 104 Å². The van der Waals surface area contributed by atoms with Crippen LogP contribution in [-0.2, 0) is 22.9 Å². The third-order valence-corrected chi connectivity index (χ3v) is 5.01. The zero-order chi connectivity index (χ0) is 23.9. The summed E-state index contributed by atoms with van der Waals surface area (Å²) in [6, 6.07) is 0. The summed E-state index contributed by atoms with van der Waals surface area (Å²) in [5, 5.41) is 0. The van der Waals surface area contributed by atoms with Crippen LogP contribution < -0.4 is 4.57 Å². The van der Waals surface area contributed by atoms with E-state index in [-0.39, 0.29) is 0 Å². The molecule has 0 N–H and O–H groups in total. The summed E-state index contributed by atoms with van der Waals surface area (Å²) in [4.78, 5) is 0. The highest BCUT2D eigenvalue weighted by Gasteiger charge is 2.20. The van der Waals surface area contributed by atoms with Crippen molar-refractivity contribution in [3.05, 3.63) is 18.7 Å². The topological polar surface area (TPSA) is 27.3 Å². The first-order valence-corrected chi connectivity index (χ1v) is 12.4. The molecule has 0 fully saturated rings. The molecule has 0 atom stereocenters. The van der Waals surface area contributed by atoms with E-state index in [1.165, 1.54) is 89.9 Å². The molecule has 9 heteroatoms. The summed E-state index contributed by atoms with van der Waals surface area (Å²) in [5.74, 6) is 0. The predicted molar refractivity (Wildman–Crippen MR) is 123 cm³/mol. The van der Waals surface area contributed by atoms with Crippen LogP contribution in [0.5, 0.6) is 0 Å². The second-order valence-electron chi connectivity index (χ2n) is 8.25. The third kappa shape index (κ3) is 25.2. The summed E-state index contributed by atoms with van der Waals surface area (Å²) >= 11 is 0. The van der Waals surface area contributed by atoms with E-state index in [0.717, 1.165) is 13.2 Å². The first-order chi connectivity index (χ1) is 15.4. The van der Waals surface area contributed by atoms with Gasteiger partial charge in [0.2, 0.25) is 6.33 Å². The van der Waals surface area contributed by atoms with Crippen molar-refractivity contribution in [2.24, 2.45) is 0 Å². The molecule has 1 aromatic rings. The van der Waals surface area contributed by atoms with Crippen LogP contribution in [0.3, 0.4) is 0 Å². The molecule has 0 amide bonds. The minimum Gasteiger partial charge on any atom is -0.418 e. The van der Waals surface area contributed by atoms with Gasteiger partial charge >= 0.3 is 7.25 Å². The van der Waals surface area contributed by atoms with Crippen molar-refractivity contribution in [1.82, 2.24) is 4.57 Å². The van der Waals surface area contributed by atoms with Crippen molar-refractivity contribution >= 4 is 7.25 Å². The molecule has 32 heavy (non-hydrogen) atoms. The molecule has 1 rings (SSSR count). The maximum Gasteiger partial charge on any atom is 0.673 e. The molecule has 0 bridgehead atoms. The van der Waals surface area contributed by atoms with Gasteiger partial charge in [0.1, 0.15) is 12.4 Å². The number of halogens is 4. The van der Waals surface area contributed by atoms with Gasteiger partial charge in [0.05, 0.1) is 13.2 Å².